The first kappa shape index (κ1) is 10.8. The summed E-state index contributed by atoms with van der Waals surface area (Å²) >= 11 is 0. The van der Waals surface area contributed by atoms with Crippen molar-refractivity contribution in [3.8, 4) is 0 Å². The summed E-state index contributed by atoms with van der Waals surface area (Å²) in [4.78, 5) is 0. The Morgan fingerprint density at radius 1 is 1.36 bits per heavy atom. The molecule has 1 aliphatic rings. The highest BCUT2D eigenvalue weighted by Crippen LogP contribution is 2.21. The van der Waals surface area contributed by atoms with E-state index in [9.17, 15) is 0 Å². The standard InChI is InChI=1S/C12H18N2/c1-3-4-5-6-10-7-9(2)11(13)8-12(10)14/h7-8,13H,2-6,14H2,1H3. The van der Waals surface area contributed by atoms with Crippen LogP contribution in [0.25, 0.3) is 0 Å². The highest BCUT2D eigenvalue weighted by molar-refractivity contribution is 6.09. The fourth-order valence-electron chi connectivity index (χ4n) is 1.49. The van der Waals surface area contributed by atoms with Crippen molar-refractivity contribution < 1.29 is 0 Å². The van der Waals surface area contributed by atoms with Crippen molar-refractivity contribution in [1.29, 1.82) is 5.41 Å². The topological polar surface area (TPSA) is 49.9 Å². The van der Waals surface area contributed by atoms with Crippen LogP contribution in [0.2, 0.25) is 0 Å². The summed E-state index contributed by atoms with van der Waals surface area (Å²) in [5.74, 6) is 0. The molecule has 0 unspecified atom stereocenters. The number of nitrogens with two attached hydrogens (primary N) is 1. The van der Waals surface area contributed by atoms with Gasteiger partial charge >= 0.3 is 0 Å². The van der Waals surface area contributed by atoms with E-state index in [1.54, 1.807) is 6.08 Å². The minimum atomic E-state index is 0.432. The van der Waals surface area contributed by atoms with Crippen LogP contribution in [0.4, 0.5) is 0 Å². The smallest absolute Gasteiger partial charge is 0.0626 e. The average molecular weight is 190 g/mol. The van der Waals surface area contributed by atoms with Crippen LogP contribution in [0.5, 0.6) is 0 Å². The molecule has 0 aliphatic heterocycles. The molecule has 2 heteroatoms. The summed E-state index contributed by atoms with van der Waals surface area (Å²) in [6.07, 6.45) is 8.25. The van der Waals surface area contributed by atoms with Crippen molar-refractivity contribution in [1.82, 2.24) is 0 Å². The lowest BCUT2D eigenvalue weighted by Gasteiger charge is -2.14. The fraction of sp³-hybridized carbons (Fsp3) is 0.417. The Bertz CT molecular complexity index is 308. The van der Waals surface area contributed by atoms with Crippen LogP contribution in [0.15, 0.2) is 35.6 Å². The lowest BCUT2D eigenvalue weighted by atomic mass is 9.95. The van der Waals surface area contributed by atoms with Gasteiger partial charge < -0.3 is 11.1 Å². The predicted molar refractivity (Wildman–Crippen MR) is 61.4 cm³/mol. The first-order valence-corrected chi connectivity index (χ1v) is 5.11. The summed E-state index contributed by atoms with van der Waals surface area (Å²) in [7, 11) is 0. The molecule has 0 radical (unpaired) electrons. The summed E-state index contributed by atoms with van der Waals surface area (Å²) < 4.78 is 0. The van der Waals surface area contributed by atoms with E-state index in [1.807, 2.05) is 6.08 Å². The number of hydrogen-bond donors (Lipinski definition) is 2. The molecule has 3 N–H and O–H groups in total. The van der Waals surface area contributed by atoms with Gasteiger partial charge in [-0.1, -0.05) is 26.3 Å². The molecule has 0 aromatic carbocycles. The van der Waals surface area contributed by atoms with Crippen molar-refractivity contribution in [2.24, 2.45) is 5.73 Å². The Labute approximate surface area is 85.7 Å². The highest BCUT2D eigenvalue weighted by Gasteiger charge is 2.10. The normalized spacial score (nSPS) is 16.6. The first-order valence-electron chi connectivity index (χ1n) is 5.11. The van der Waals surface area contributed by atoms with Crippen LogP contribution in [0, 0.1) is 5.41 Å². The Hall–Kier alpha value is -1.31. The van der Waals surface area contributed by atoms with Gasteiger partial charge in [-0.3, -0.25) is 0 Å². The molecule has 0 heterocycles. The molecule has 0 fully saturated rings. The molecule has 0 aromatic heterocycles. The largest absolute Gasteiger partial charge is 0.398 e. The summed E-state index contributed by atoms with van der Waals surface area (Å²) in [5, 5.41) is 7.53. The number of rotatable bonds is 4. The van der Waals surface area contributed by atoms with E-state index in [0.717, 1.165) is 29.7 Å². The van der Waals surface area contributed by atoms with Crippen LogP contribution in [0.3, 0.4) is 0 Å². The van der Waals surface area contributed by atoms with E-state index in [2.05, 4.69) is 13.5 Å². The van der Waals surface area contributed by atoms with Gasteiger partial charge in [0.25, 0.3) is 0 Å². The number of unbranched alkanes of at least 4 members (excludes halogenated alkanes) is 2. The zero-order valence-corrected chi connectivity index (χ0v) is 8.77. The monoisotopic (exact) mass is 190 g/mol. The molecule has 14 heavy (non-hydrogen) atoms. The van der Waals surface area contributed by atoms with Crippen LogP contribution in [-0.4, -0.2) is 5.71 Å². The molecule has 0 aromatic rings. The van der Waals surface area contributed by atoms with E-state index < -0.39 is 0 Å². The number of hydrogen-bond acceptors (Lipinski definition) is 2. The first-order chi connectivity index (χ1) is 6.65. The number of nitrogens with one attached hydrogen (secondary N) is 1. The maximum absolute atomic E-state index is 7.53. The van der Waals surface area contributed by atoms with Crippen molar-refractivity contribution in [3.63, 3.8) is 0 Å². The van der Waals surface area contributed by atoms with Crippen LogP contribution >= 0.6 is 0 Å². The molecule has 0 spiro atoms. The second-order valence-corrected chi connectivity index (χ2v) is 3.67. The van der Waals surface area contributed by atoms with Gasteiger partial charge in [0, 0.05) is 5.70 Å². The lowest BCUT2D eigenvalue weighted by molar-refractivity contribution is 0.714. The average Bonchev–Trinajstić information content (AvgIpc) is 2.14. The Kier molecular flexibility index (Phi) is 3.69. The van der Waals surface area contributed by atoms with Crippen LogP contribution < -0.4 is 5.73 Å². The minimum Gasteiger partial charge on any atom is -0.398 e. The highest BCUT2D eigenvalue weighted by atomic mass is 14.6. The van der Waals surface area contributed by atoms with Gasteiger partial charge in [0.05, 0.1) is 5.71 Å². The van der Waals surface area contributed by atoms with Gasteiger partial charge in [-0.15, -0.1) is 0 Å². The quantitative estimate of drug-likeness (QED) is 0.658. The maximum atomic E-state index is 7.53. The SMILES string of the molecule is C=C1C=C(CCCCC)C(N)=CC1=N. The van der Waals surface area contributed by atoms with Gasteiger partial charge in [-0.25, -0.2) is 0 Å². The van der Waals surface area contributed by atoms with Gasteiger partial charge in [0.15, 0.2) is 0 Å². The van der Waals surface area contributed by atoms with Crippen molar-refractivity contribution >= 4 is 5.71 Å². The zero-order chi connectivity index (χ0) is 10.6. The van der Waals surface area contributed by atoms with Crippen LogP contribution in [-0.2, 0) is 0 Å². The predicted octanol–water partition coefficient (Wildman–Crippen LogP) is 2.93. The molecule has 0 saturated heterocycles. The molecule has 1 rings (SSSR count). The maximum Gasteiger partial charge on any atom is 0.0626 e. The molecule has 1 aliphatic carbocycles. The van der Waals surface area contributed by atoms with Gasteiger partial charge in [0.2, 0.25) is 0 Å². The number of allylic oxidation sites excluding steroid dienone is 4. The van der Waals surface area contributed by atoms with Crippen molar-refractivity contribution in [2.45, 2.75) is 32.6 Å². The second-order valence-electron chi connectivity index (χ2n) is 3.67. The second kappa shape index (κ2) is 4.80. The Morgan fingerprint density at radius 2 is 2.07 bits per heavy atom. The lowest BCUT2D eigenvalue weighted by Crippen LogP contribution is -2.11. The molecular formula is C12H18N2. The van der Waals surface area contributed by atoms with E-state index >= 15 is 0 Å². The minimum absolute atomic E-state index is 0.432. The van der Waals surface area contributed by atoms with Crippen LogP contribution in [0.1, 0.15) is 32.6 Å². The van der Waals surface area contributed by atoms with Crippen molar-refractivity contribution in [3.05, 3.63) is 35.6 Å². The van der Waals surface area contributed by atoms with Crippen molar-refractivity contribution in [2.75, 3.05) is 0 Å². The molecule has 76 valence electrons. The van der Waals surface area contributed by atoms with Gasteiger partial charge in [-0.05, 0) is 36.1 Å². The third-order valence-corrected chi connectivity index (χ3v) is 2.41. The molecule has 0 amide bonds. The molecule has 0 saturated carbocycles. The summed E-state index contributed by atoms with van der Waals surface area (Å²) in [6.45, 7) is 5.99. The molecular weight excluding hydrogens is 172 g/mol. The summed E-state index contributed by atoms with van der Waals surface area (Å²) in [6, 6.07) is 0. The van der Waals surface area contributed by atoms with Gasteiger partial charge in [-0.2, -0.15) is 0 Å². The Morgan fingerprint density at radius 3 is 2.71 bits per heavy atom. The zero-order valence-electron chi connectivity index (χ0n) is 8.77. The summed E-state index contributed by atoms with van der Waals surface area (Å²) in [5.41, 5.74) is 8.90. The molecule has 0 bridgehead atoms. The van der Waals surface area contributed by atoms with Gasteiger partial charge in [0.1, 0.15) is 0 Å². The van der Waals surface area contributed by atoms with E-state index in [-0.39, 0.29) is 0 Å². The molecule has 0 atom stereocenters. The van der Waals surface area contributed by atoms with E-state index in [4.69, 9.17) is 11.1 Å². The fourth-order valence-corrected chi connectivity index (χ4v) is 1.49. The third-order valence-electron chi connectivity index (χ3n) is 2.41. The Balaban J connectivity index is 2.60. The molecule has 2 nitrogen and oxygen atoms in total. The van der Waals surface area contributed by atoms with E-state index in [0.29, 0.717) is 5.71 Å². The third kappa shape index (κ3) is 2.59. The van der Waals surface area contributed by atoms with E-state index in [1.165, 1.54) is 12.8 Å².